The summed E-state index contributed by atoms with van der Waals surface area (Å²) in [5.74, 6) is -1.00. The molecule has 0 bridgehead atoms. The van der Waals surface area contributed by atoms with Crippen LogP contribution in [0.2, 0.25) is 0 Å². The van der Waals surface area contributed by atoms with Crippen LogP contribution in [-0.2, 0) is 11.2 Å². The molecule has 1 N–H and O–H groups in total. The largest absolute Gasteiger partial charge is 0.345 e. The number of amides is 1. The van der Waals surface area contributed by atoms with Gasteiger partial charge in [0, 0.05) is 0 Å². The third-order valence-electron chi connectivity index (χ3n) is 2.30. The van der Waals surface area contributed by atoms with Gasteiger partial charge in [-0.2, -0.15) is 0 Å². The first-order valence-corrected chi connectivity index (χ1v) is 6.91. The van der Waals surface area contributed by atoms with E-state index in [1.54, 1.807) is 6.07 Å². The van der Waals surface area contributed by atoms with E-state index in [0.717, 1.165) is 17.5 Å². The Balaban J connectivity index is 2.05. The lowest BCUT2D eigenvalue weighted by atomic mass is 10.1. The Kier molecular flexibility index (Phi) is 4.40. The van der Waals surface area contributed by atoms with Gasteiger partial charge < -0.3 is 5.32 Å². The number of aromatic nitrogens is 1. The molecule has 0 atom stereocenters. The molecule has 0 unspecified atom stereocenters. The molecule has 0 aliphatic rings. The van der Waals surface area contributed by atoms with Crippen molar-refractivity contribution in [1.82, 2.24) is 4.98 Å². The van der Waals surface area contributed by atoms with E-state index in [2.05, 4.69) is 26.2 Å². The molecular weight excluding hydrogens is 353 g/mol. The molecule has 0 aliphatic carbocycles. The van der Waals surface area contributed by atoms with Gasteiger partial charge in [-0.3, -0.25) is 14.9 Å². The van der Waals surface area contributed by atoms with Gasteiger partial charge in [0.25, 0.3) is 0 Å². The number of nitro groups is 1. The molecule has 0 aliphatic heterocycles. The average molecular weight is 360 g/mol. The minimum absolute atomic E-state index is 0.108. The van der Waals surface area contributed by atoms with Crippen LogP contribution in [0.1, 0.15) is 5.56 Å². The standard InChI is InChI=1S/C11H7BrFN3O3S/c12-7-3-1-2-6(10(7)13)4-8(17)15-11-14-5-9(20-11)16(18)19/h1-3,5H,4H2,(H,14,15,17). The predicted octanol–water partition coefficient (Wildman–Crippen LogP) is 3.13. The maximum absolute atomic E-state index is 13.7. The van der Waals surface area contributed by atoms with Crippen LogP contribution < -0.4 is 5.32 Å². The van der Waals surface area contributed by atoms with Gasteiger partial charge in [-0.05, 0) is 38.9 Å². The fraction of sp³-hybridized carbons (Fsp3) is 0.0909. The summed E-state index contributed by atoms with van der Waals surface area (Å²) in [5.41, 5.74) is 0.225. The molecule has 1 heterocycles. The highest BCUT2D eigenvalue weighted by Crippen LogP contribution is 2.25. The Morgan fingerprint density at radius 3 is 2.95 bits per heavy atom. The second kappa shape index (κ2) is 6.06. The first kappa shape index (κ1) is 14.5. The topological polar surface area (TPSA) is 85.1 Å². The fourth-order valence-corrected chi connectivity index (χ4v) is 2.48. The average Bonchev–Trinajstić information content (AvgIpc) is 2.83. The molecule has 20 heavy (non-hydrogen) atoms. The highest BCUT2D eigenvalue weighted by Gasteiger charge is 2.15. The van der Waals surface area contributed by atoms with Gasteiger partial charge in [0.05, 0.1) is 15.8 Å². The molecule has 104 valence electrons. The number of benzene rings is 1. The Hall–Kier alpha value is -1.87. The molecule has 0 fully saturated rings. The van der Waals surface area contributed by atoms with E-state index in [9.17, 15) is 19.3 Å². The molecule has 0 saturated heterocycles. The molecule has 1 aromatic carbocycles. The first-order chi connectivity index (χ1) is 9.47. The Bertz CT molecular complexity index is 677. The van der Waals surface area contributed by atoms with Gasteiger partial charge in [-0.15, -0.1) is 0 Å². The maximum atomic E-state index is 13.7. The second-order valence-corrected chi connectivity index (χ2v) is 5.56. The lowest BCUT2D eigenvalue weighted by Crippen LogP contribution is -2.15. The summed E-state index contributed by atoms with van der Waals surface area (Å²) in [6.07, 6.45) is 0.874. The number of carbonyl (C=O) groups excluding carboxylic acids is 1. The van der Waals surface area contributed by atoms with Crippen molar-refractivity contribution in [2.24, 2.45) is 0 Å². The molecule has 2 rings (SSSR count). The number of anilines is 1. The predicted molar refractivity (Wildman–Crippen MR) is 75.2 cm³/mol. The van der Waals surface area contributed by atoms with E-state index in [1.165, 1.54) is 12.1 Å². The number of carbonyl (C=O) groups is 1. The van der Waals surface area contributed by atoms with Gasteiger partial charge in [-0.1, -0.05) is 12.1 Å². The zero-order valence-electron chi connectivity index (χ0n) is 9.80. The van der Waals surface area contributed by atoms with Gasteiger partial charge in [-0.25, -0.2) is 9.37 Å². The van der Waals surface area contributed by atoms with E-state index < -0.39 is 16.6 Å². The van der Waals surface area contributed by atoms with Crippen molar-refractivity contribution in [3.05, 3.63) is 50.4 Å². The molecule has 6 nitrogen and oxygen atoms in total. The van der Waals surface area contributed by atoms with Gasteiger partial charge >= 0.3 is 5.00 Å². The van der Waals surface area contributed by atoms with Gasteiger partial charge in [0.15, 0.2) is 5.13 Å². The van der Waals surface area contributed by atoms with Crippen LogP contribution in [0.5, 0.6) is 0 Å². The van der Waals surface area contributed by atoms with E-state index in [1.807, 2.05) is 0 Å². The number of nitrogens with one attached hydrogen (secondary N) is 1. The number of nitrogens with zero attached hydrogens (tertiary/aromatic N) is 2. The number of thiazole rings is 1. The van der Waals surface area contributed by atoms with Crippen molar-refractivity contribution in [2.45, 2.75) is 6.42 Å². The first-order valence-electron chi connectivity index (χ1n) is 5.30. The Morgan fingerprint density at radius 1 is 1.55 bits per heavy atom. The third-order valence-corrected chi connectivity index (χ3v) is 3.78. The quantitative estimate of drug-likeness (QED) is 0.671. The van der Waals surface area contributed by atoms with Crippen molar-refractivity contribution < 1.29 is 14.1 Å². The van der Waals surface area contributed by atoms with Crippen LogP contribution in [0.3, 0.4) is 0 Å². The summed E-state index contributed by atoms with van der Waals surface area (Å²) in [6.45, 7) is 0. The van der Waals surface area contributed by atoms with Crippen molar-refractivity contribution in [3.8, 4) is 0 Å². The third kappa shape index (κ3) is 3.36. The number of hydrogen-bond acceptors (Lipinski definition) is 5. The number of halogens is 2. The summed E-state index contributed by atoms with van der Waals surface area (Å²) in [6, 6.07) is 4.63. The molecule has 0 spiro atoms. The second-order valence-electron chi connectivity index (χ2n) is 3.70. The number of hydrogen-bond donors (Lipinski definition) is 1. The summed E-state index contributed by atoms with van der Waals surface area (Å²) in [4.78, 5) is 25.3. The SMILES string of the molecule is O=C(Cc1cccc(Br)c1F)Nc1ncc([N+](=O)[O-])s1. The van der Waals surface area contributed by atoms with Crippen LogP contribution in [0, 0.1) is 15.9 Å². The van der Waals surface area contributed by atoms with E-state index in [0.29, 0.717) is 0 Å². The minimum atomic E-state index is -0.596. The summed E-state index contributed by atoms with van der Waals surface area (Å²) < 4.78 is 14.0. The zero-order chi connectivity index (χ0) is 14.7. The normalized spacial score (nSPS) is 10.3. The summed E-state index contributed by atoms with van der Waals surface area (Å²) >= 11 is 3.77. The summed E-state index contributed by atoms with van der Waals surface area (Å²) in [5, 5.41) is 12.8. The van der Waals surface area contributed by atoms with Crippen molar-refractivity contribution in [3.63, 3.8) is 0 Å². The zero-order valence-corrected chi connectivity index (χ0v) is 12.2. The molecule has 1 amide bonds. The smallest absolute Gasteiger partial charge is 0.301 e. The van der Waals surface area contributed by atoms with E-state index in [-0.39, 0.29) is 26.6 Å². The molecule has 0 saturated carbocycles. The van der Waals surface area contributed by atoms with Crippen molar-refractivity contribution in [1.29, 1.82) is 0 Å². The van der Waals surface area contributed by atoms with Gasteiger partial charge in [0.2, 0.25) is 5.91 Å². The minimum Gasteiger partial charge on any atom is -0.301 e. The van der Waals surface area contributed by atoms with Crippen LogP contribution in [-0.4, -0.2) is 15.8 Å². The Labute approximate surface area is 124 Å². The van der Waals surface area contributed by atoms with Crippen LogP contribution in [0.4, 0.5) is 14.5 Å². The summed E-state index contributed by atoms with van der Waals surface area (Å²) in [7, 11) is 0. The van der Waals surface area contributed by atoms with Crippen LogP contribution in [0.25, 0.3) is 0 Å². The lowest BCUT2D eigenvalue weighted by molar-refractivity contribution is -0.380. The number of rotatable bonds is 4. The highest BCUT2D eigenvalue weighted by atomic mass is 79.9. The monoisotopic (exact) mass is 359 g/mol. The van der Waals surface area contributed by atoms with Crippen LogP contribution in [0.15, 0.2) is 28.9 Å². The molecule has 0 radical (unpaired) electrons. The highest BCUT2D eigenvalue weighted by molar-refractivity contribution is 9.10. The van der Waals surface area contributed by atoms with Crippen molar-refractivity contribution >= 4 is 43.3 Å². The molecule has 1 aromatic heterocycles. The molecular formula is C11H7BrFN3O3S. The fourth-order valence-electron chi connectivity index (χ4n) is 1.43. The van der Waals surface area contributed by atoms with Crippen molar-refractivity contribution in [2.75, 3.05) is 5.32 Å². The van der Waals surface area contributed by atoms with E-state index in [4.69, 9.17) is 0 Å². The molecule has 9 heteroatoms. The Morgan fingerprint density at radius 2 is 2.30 bits per heavy atom. The molecule has 2 aromatic rings. The maximum Gasteiger partial charge on any atom is 0.345 e. The van der Waals surface area contributed by atoms with E-state index >= 15 is 0 Å². The van der Waals surface area contributed by atoms with Crippen LogP contribution >= 0.6 is 27.3 Å². The lowest BCUT2D eigenvalue weighted by Gasteiger charge is -2.04. The van der Waals surface area contributed by atoms with Gasteiger partial charge in [0.1, 0.15) is 12.0 Å².